The number of ether oxygens (including phenoxy) is 1. The van der Waals surface area contributed by atoms with E-state index < -0.39 is 5.60 Å². The molecular weight excluding hydrogens is 368 g/mol. The van der Waals surface area contributed by atoms with Crippen LogP contribution < -0.4 is 5.32 Å². The molecule has 0 spiro atoms. The number of rotatable bonds is 4. The molecule has 2 aromatic rings. The maximum absolute atomic E-state index is 12.1. The number of hydrogen-bond acceptors (Lipinski definition) is 7. The summed E-state index contributed by atoms with van der Waals surface area (Å²) in [7, 11) is 0. The summed E-state index contributed by atoms with van der Waals surface area (Å²) in [6.07, 6.45) is 2.82. The van der Waals surface area contributed by atoms with Gasteiger partial charge in [-0.2, -0.15) is 5.10 Å². The summed E-state index contributed by atoms with van der Waals surface area (Å²) >= 11 is 1.29. The number of nitrogens with one attached hydrogen (secondary N) is 2. The summed E-state index contributed by atoms with van der Waals surface area (Å²) < 4.78 is 5.41. The lowest BCUT2D eigenvalue weighted by Crippen LogP contribution is -2.41. The van der Waals surface area contributed by atoms with Gasteiger partial charge in [0.05, 0.1) is 18.3 Å². The second-order valence-electron chi connectivity index (χ2n) is 7.43. The summed E-state index contributed by atoms with van der Waals surface area (Å²) in [6, 6.07) is 0. The molecule has 1 aliphatic rings. The van der Waals surface area contributed by atoms with Crippen LogP contribution in [0.25, 0.3) is 0 Å². The number of amides is 2. The number of piperidine rings is 1. The summed E-state index contributed by atoms with van der Waals surface area (Å²) in [5.74, 6) is 1.34. The predicted octanol–water partition coefficient (Wildman–Crippen LogP) is 2.31. The first-order chi connectivity index (χ1) is 12.8. The smallest absolute Gasteiger partial charge is 0.410 e. The molecule has 0 bridgehead atoms. The molecule has 0 saturated carbocycles. The number of aromatic nitrogens is 4. The first-order valence-corrected chi connectivity index (χ1v) is 9.75. The largest absolute Gasteiger partial charge is 0.444 e. The number of aromatic amines is 1. The first-order valence-electron chi connectivity index (χ1n) is 8.87. The normalized spacial score (nSPS) is 15.6. The van der Waals surface area contributed by atoms with Crippen LogP contribution in [0.4, 0.5) is 4.79 Å². The molecule has 146 valence electrons. The molecule has 2 N–H and O–H groups in total. The van der Waals surface area contributed by atoms with Crippen molar-refractivity contribution in [2.45, 2.75) is 51.7 Å². The minimum atomic E-state index is -0.490. The predicted molar refractivity (Wildman–Crippen MR) is 99.4 cm³/mol. The van der Waals surface area contributed by atoms with Gasteiger partial charge in [-0.05, 0) is 33.6 Å². The van der Waals surface area contributed by atoms with Gasteiger partial charge in [-0.1, -0.05) is 0 Å². The van der Waals surface area contributed by atoms with Crippen LogP contribution in [0.3, 0.4) is 0 Å². The van der Waals surface area contributed by atoms with Crippen LogP contribution >= 0.6 is 11.3 Å². The fourth-order valence-corrected chi connectivity index (χ4v) is 3.33. The highest BCUT2D eigenvalue weighted by Gasteiger charge is 2.29. The number of hydrogen-bond donors (Lipinski definition) is 2. The molecule has 1 aliphatic heterocycles. The molecule has 0 radical (unpaired) electrons. The molecule has 3 heterocycles. The van der Waals surface area contributed by atoms with Crippen LogP contribution in [0.2, 0.25) is 0 Å². The third-order valence-electron chi connectivity index (χ3n) is 4.13. The van der Waals surface area contributed by atoms with E-state index in [1.54, 1.807) is 10.4 Å². The third kappa shape index (κ3) is 5.25. The molecule has 1 fully saturated rings. The highest BCUT2D eigenvalue weighted by Crippen LogP contribution is 2.26. The second-order valence-corrected chi connectivity index (χ2v) is 8.32. The third-order valence-corrected chi connectivity index (χ3v) is 4.91. The van der Waals surface area contributed by atoms with E-state index in [0.717, 1.165) is 18.7 Å². The SMILES string of the molecule is CC(C)(C)OC(=O)N1CCC(c2n[nH]c(CNC(=O)c3cncs3)n2)CC1. The Morgan fingerprint density at radius 1 is 1.37 bits per heavy atom. The summed E-state index contributed by atoms with van der Waals surface area (Å²) in [4.78, 5) is 34.7. The molecule has 2 aromatic heterocycles. The van der Waals surface area contributed by atoms with E-state index in [0.29, 0.717) is 23.8 Å². The first kappa shape index (κ1) is 19.3. The molecule has 0 aliphatic carbocycles. The Morgan fingerprint density at radius 3 is 2.74 bits per heavy atom. The maximum Gasteiger partial charge on any atom is 0.410 e. The Balaban J connectivity index is 1.48. The van der Waals surface area contributed by atoms with E-state index in [-0.39, 0.29) is 24.5 Å². The van der Waals surface area contributed by atoms with Gasteiger partial charge in [-0.15, -0.1) is 11.3 Å². The Labute approximate surface area is 161 Å². The molecule has 3 rings (SSSR count). The van der Waals surface area contributed by atoms with Crippen molar-refractivity contribution in [1.82, 2.24) is 30.4 Å². The van der Waals surface area contributed by atoms with Crippen molar-refractivity contribution in [2.24, 2.45) is 0 Å². The van der Waals surface area contributed by atoms with Crippen molar-refractivity contribution in [2.75, 3.05) is 13.1 Å². The van der Waals surface area contributed by atoms with Crippen molar-refractivity contribution in [3.8, 4) is 0 Å². The lowest BCUT2D eigenvalue weighted by Gasteiger charge is -2.32. The van der Waals surface area contributed by atoms with Crippen molar-refractivity contribution in [3.05, 3.63) is 28.2 Å². The fourth-order valence-electron chi connectivity index (χ4n) is 2.80. The highest BCUT2D eigenvalue weighted by molar-refractivity contribution is 7.11. The summed E-state index contributed by atoms with van der Waals surface area (Å²) in [5.41, 5.74) is 1.13. The zero-order valence-electron chi connectivity index (χ0n) is 15.7. The minimum Gasteiger partial charge on any atom is -0.444 e. The van der Waals surface area contributed by atoms with Gasteiger partial charge >= 0.3 is 6.09 Å². The standard InChI is InChI=1S/C17H24N6O3S/c1-17(2,3)26-16(25)23-6-4-11(5-7-23)14-20-13(21-22-14)9-19-15(24)12-8-18-10-27-12/h8,10-11H,4-7,9H2,1-3H3,(H,19,24)(H,20,21,22). The molecule has 10 heteroatoms. The Bertz CT molecular complexity index is 775. The zero-order chi connectivity index (χ0) is 19.4. The number of thiazole rings is 1. The van der Waals surface area contributed by atoms with Crippen LogP contribution in [0.5, 0.6) is 0 Å². The van der Waals surface area contributed by atoms with Gasteiger partial charge in [0.15, 0.2) is 5.82 Å². The van der Waals surface area contributed by atoms with Crippen LogP contribution in [0.1, 0.15) is 60.9 Å². The molecule has 0 aromatic carbocycles. The average Bonchev–Trinajstić information content (AvgIpc) is 3.30. The Morgan fingerprint density at radius 2 is 2.11 bits per heavy atom. The van der Waals surface area contributed by atoms with E-state index in [9.17, 15) is 9.59 Å². The number of carbonyl (C=O) groups is 2. The van der Waals surface area contributed by atoms with Crippen molar-refractivity contribution >= 4 is 23.3 Å². The fraction of sp³-hybridized carbons (Fsp3) is 0.588. The van der Waals surface area contributed by atoms with Crippen LogP contribution in [0.15, 0.2) is 11.7 Å². The van der Waals surface area contributed by atoms with Gasteiger partial charge in [0, 0.05) is 19.0 Å². The highest BCUT2D eigenvalue weighted by atomic mass is 32.1. The van der Waals surface area contributed by atoms with Crippen molar-refractivity contribution in [1.29, 1.82) is 0 Å². The average molecular weight is 392 g/mol. The molecule has 9 nitrogen and oxygen atoms in total. The van der Waals surface area contributed by atoms with E-state index in [1.807, 2.05) is 20.8 Å². The summed E-state index contributed by atoms with van der Waals surface area (Å²) in [6.45, 7) is 7.10. The summed E-state index contributed by atoms with van der Waals surface area (Å²) in [5, 5.41) is 9.94. The Kier molecular flexibility index (Phi) is 5.73. The van der Waals surface area contributed by atoms with Gasteiger partial charge < -0.3 is 15.0 Å². The van der Waals surface area contributed by atoms with Crippen LogP contribution in [-0.2, 0) is 11.3 Å². The quantitative estimate of drug-likeness (QED) is 0.825. The zero-order valence-corrected chi connectivity index (χ0v) is 16.5. The molecule has 0 unspecified atom stereocenters. The number of likely N-dealkylation sites (tertiary alicyclic amines) is 1. The van der Waals surface area contributed by atoms with Gasteiger partial charge in [-0.25, -0.2) is 9.78 Å². The lowest BCUT2D eigenvalue weighted by atomic mass is 9.96. The number of carbonyl (C=O) groups excluding carboxylic acids is 2. The second kappa shape index (κ2) is 8.03. The van der Waals surface area contributed by atoms with Gasteiger partial charge in [0.25, 0.3) is 5.91 Å². The van der Waals surface area contributed by atoms with Crippen LogP contribution in [0, 0.1) is 0 Å². The lowest BCUT2D eigenvalue weighted by molar-refractivity contribution is 0.0203. The molecule has 27 heavy (non-hydrogen) atoms. The van der Waals surface area contributed by atoms with E-state index >= 15 is 0 Å². The van der Waals surface area contributed by atoms with Crippen LogP contribution in [-0.4, -0.2) is 55.8 Å². The number of nitrogens with zero attached hydrogens (tertiary/aromatic N) is 4. The van der Waals surface area contributed by atoms with Crippen molar-refractivity contribution < 1.29 is 14.3 Å². The molecule has 0 atom stereocenters. The molecular formula is C17H24N6O3S. The van der Waals surface area contributed by atoms with Crippen molar-refractivity contribution in [3.63, 3.8) is 0 Å². The monoisotopic (exact) mass is 392 g/mol. The van der Waals surface area contributed by atoms with Gasteiger partial charge in [-0.3, -0.25) is 14.9 Å². The maximum atomic E-state index is 12.1. The molecule has 2 amide bonds. The minimum absolute atomic E-state index is 0.180. The van der Waals surface area contributed by atoms with E-state index in [2.05, 4.69) is 25.5 Å². The van der Waals surface area contributed by atoms with E-state index in [4.69, 9.17) is 4.74 Å². The molecule has 1 saturated heterocycles. The van der Waals surface area contributed by atoms with E-state index in [1.165, 1.54) is 17.5 Å². The topological polar surface area (TPSA) is 113 Å². The number of H-pyrrole nitrogens is 1. The Hall–Kier alpha value is -2.49. The van der Waals surface area contributed by atoms with Gasteiger partial charge in [0.2, 0.25) is 0 Å². The van der Waals surface area contributed by atoms with Gasteiger partial charge in [0.1, 0.15) is 16.3 Å².